The summed E-state index contributed by atoms with van der Waals surface area (Å²) >= 11 is 1.40. The molecular weight excluding hydrogens is 368 g/mol. The van der Waals surface area contributed by atoms with Gasteiger partial charge in [-0.05, 0) is 36.6 Å². The van der Waals surface area contributed by atoms with Gasteiger partial charge in [-0.1, -0.05) is 47.7 Å². The molecule has 0 saturated heterocycles. The van der Waals surface area contributed by atoms with Gasteiger partial charge in [0.2, 0.25) is 5.91 Å². The predicted octanol–water partition coefficient (Wildman–Crippen LogP) is 3.86. The second kappa shape index (κ2) is 7.55. The number of carbonyl (C=O) groups is 1. The summed E-state index contributed by atoms with van der Waals surface area (Å²) in [6, 6.07) is 13.0. The van der Waals surface area contributed by atoms with Crippen LogP contribution in [-0.4, -0.2) is 25.1 Å². The Morgan fingerprint density at radius 2 is 1.88 bits per heavy atom. The largest absolute Gasteiger partial charge is 0.302 e. The number of aromatic nitrogens is 1. The van der Waals surface area contributed by atoms with Crippen molar-refractivity contribution < 1.29 is 13.2 Å². The number of sulfone groups is 1. The Morgan fingerprint density at radius 3 is 2.62 bits per heavy atom. The summed E-state index contributed by atoms with van der Waals surface area (Å²) in [5.74, 6) is -0.577. The van der Waals surface area contributed by atoms with E-state index in [4.69, 9.17) is 0 Å². The highest BCUT2D eigenvalue weighted by Crippen LogP contribution is 2.29. The van der Waals surface area contributed by atoms with Gasteiger partial charge in [0.1, 0.15) is 0 Å². The highest BCUT2D eigenvalue weighted by Gasteiger charge is 2.16. The highest BCUT2D eigenvalue weighted by atomic mass is 32.2. The monoisotopic (exact) mass is 388 g/mol. The fraction of sp³-hybridized carbons (Fsp3) is 0.263. The first-order valence-corrected chi connectivity index (χ1v) is 10.9. The van der Waals surface area contributed by atoms with Crippen LogP contribution in [0, 0.1) is 13.8 Å². The number of thiazole rings is 1. The molecule has 1 heterocycles. The van der Waals surface area contributed by atoms with Crippen LogP contribution in [0.2, 0.25) is 0 Å². The van der Waals surface area contributed by atoms with Crippen LogP contribution in [0.4, 0.5) is 5.13 Å². The van der Waals surface area contributed by atoms with Crippen molar-refractivity contribution in [2.75, 3.05) is 11.1 Å². The molecule has 7 heteroatoms. The smallest absolute Gasteiger partial charge is 0.227 e. The zero-order valence-electron chi connectivity index (χ0n) is 14.7. The number of amides is 1. The van der Waals surface area contributed by atoms with E-state index in [9.17, 15) is 13.2 Å². The van der Waals surface area contributed by atoms with E-state index in [1.54, 1.807) is 24.3 Å². The van der Waals surface area contributed by atoms with Crippen molar-refractivity contribution in [3.05, 3.63) is 59.2 Å². The molecule has 0 saturated carbocycles. The fourth-order valence-corrected chi connectivity index (χ4v) is 5.03. The van der Waals surface area contributed by atoms with Gasteiger partial charge in [0.05, 0.1) is 21.7 Å². The number of fused-ring (bicyclic) bond motifs is 1. The number of aryl methyl sites for hydroxylation is 2. The Balaban J connectivity index is 1.61. The molecule has 3 aromatic rings. The van der Waals surface area contributed by atoms with E-state index in [0.717, 1.165) is 26.9 Å². The molecule has 136 valence electrons. The quantitative estimate of drug-likeness (QED) is 0.696. The summed E-state index contributed by atoms with van der Waals surface area (Å²) in [4.78, 5) is 16.6. The van der Waals surface area contributed by atoms with Gasteiger partial charge in [0, 0.05) is 6.42 Å². The fourth-order valence-electron chi connectivity index (χ4n) is 2.76. The minimum absolute atomic E-state index is 0.0548. The van der Waals surface area contributed by atoms with E-state index in [0.29, 0.717) is 5.13 Å². The maximum absolute atomic E-state index is 12.2. The van der Waals surface area contributed by atoms with Gasteiger partial charge >= 0.3 is 0 Å². The number of nitrogens with one attached hydrogen (secondary N) is 1. The average molecular weight is 389 g/mol. The molecule has 1 amide bonds. The molecule has 2 aromatic carbocycles. The van der Waals surface area contributed by atoms with Crippen molar-refractivity contribution in [1.82, 2.24) is 4.98 Å². The molecule has 0 fully saturated rings. The lowest BCUT2D eigenvalue weighted by molar-refractivity contribution is -0.115. The minimum atomic E-state index is -3.34. The molecule has 1 aromatic heterocycles. The van der Waals surface area contributed by atoms with Crippen LogP contribution >= 0.6 is 11.3 Å². The maximum atomic E-state index is 12.2. The van der Waals surface area contributed by atoms with Crippen LogP contribution in [-0.2, 0) is 20.4 Å². The number of hydrogen-bond donors (Lipinski definition) is 1. The lowest BCUT2D eigenvalue weighted by atomic mass is 10.1. The van der Waals surface area contributed by atoms with Crippen LogP contribution in [0.25, 0.3) is 10.2 Å². The number of carbonyl (C=O) groups excluding carboxylic acids is 1. The average Bonchev–Trinajstić information content (AvgIpc) is 2.96. The van der Waals surface area contributed by atoms with Gasteiger partial charge in [-0.2, -0.15) is 0 Å². The van der Waals surface area contributed by atoms with E-state index in [1.807, 2.05) is 26.0 Å². The Bertz CT molecular complexity index is 1040. The summed E-state index contributed by atoms with van der Waals surface area (Å²) in [5, 5.41) is 3.22. The summed E-state index contributed by atoms with van der Waals surface area (Å²) < 4.78 is 25.4. The Kier molecular flexibility index (Phi) is 5.38. The third-order valence-electron chi connectivity index (χ3n) is 3.94. The molecule has 5 nitrogen and oxygen atoms in total. The number of hydrogen-bond acceptors (Lipinski definition) is 5. The topological polar surface area (TPSA) is 76.1 Å². The minimum Gasteiger partial charge on any atom is -0.302 e. The van der Waals surface area contributed by atoms with E-state index >= 15 is 0 Å². The lowest BCUT2D eigenvalue weighted by Gasteiger charge is -2.04. The first kappa shape index (κ1) is 18.5. The van der Waals surface area contributed by atoms with Gasteiger partial charge in [-0.25, -0.2) is 13.4 Å². The first-order chi connectivity index (χ1) is 12.3. The normalized spacial score (nSPS) is 11.6. The second-order valence-corrected chi connectivity index (χ2v) is 9.51. The maximum Gasteiger partial charge on any atom is 0.227 e. The second-order valence-electron chi connectivity index (χ2n) is 6.32. The van der Waals surface area contributed by atoms with Crippen molar-refractivity contribution in [3.8, 4) is 0 Å². The molecule has 0 atom stereocenters. The van der Waals surface area contributed by atoms with Gasteiger partial charge in [-0.3, -0.25) is 4.79 Å². The molecule has 26 heavy (non-hydrogen) atoms. The van der Waals surface area contributed by atoms with Crippen LogP contribution < -0.4 is 5.32 Å². The summed E-state index contributed by atoms with van der Waals surface area (Å²) in [7, 11) is -3.34. The molecule has 3 rings (SSSR count). The number of benzene rings is 2. The van der Waals surface area contributed by atoms with Gasteiger partial charge in [-0.15, -0.1) is 0 Å². The Hall–Kier alpha value is -2.25. The lowest BCUT2D eigenvalue weighted by Crippen LogP contribution is -2.18. The Morgan fingerprint density at radius 1 is 1.15 bits per heavy atom. The molecule has 1 N–H and O–H groups in total. The molecule has 0 spiro atoms. The standard InChI is InChI=1S/C19H20N2O3S2/c1-13-10-14(2)18-16(11-13)20-19(25-18)21-17(22)8-9-26(23,24)12-15-6-4-3-5-7-15/h3-7,10-11H,8-9,12H2,1-2H3,(H,20,21,22). The van der Waals surface area contributed by atoms with Gasteiger partial charge < -0.3 is 5.32 Å². The zero-order valence-corrected chi connectivity index (χ0v) is 16.3. The van der Waals surface area contributed by atoms with E-state index < -0.39 is 9.84 Å². The molecule has 0 bridgehead atoms. The highest BCUT2D eigenvalue weighted by molar-refractivity contribution is 7.90. The van der Waals surface area contributed by atoms with Gasteiger partial charge in [0.15, 0.2) is 15.0 Å². The third kappa shape index (κ3) is 4.68. The zero-order chi connectivity index (χ0) is 18.7. The van der Waals surface area contributed by atoms with Crippen molar-refractivity contribution in [2.45, 2.75) is 26.0 Å². The van der Waals surface area contributed by atoms with Crippen LogP contribution in [0.15, 0.2) is 42.5 Å². The third-order valence-corrected chi connectivity index (χ3v) is 6.66. The van der Waals surface area contributed by atoms with E-state index in [2.05, 4.69) is 16.4 Å². The van der Waals surface area contributed by atoms with Crippen LogP contribution in [0.3, 0.4) is 0 Å². The summed E-state index contributed by atoms with van der Waals surface area (Å²) in [6.07, 6.45) is -0.0803. The predicted molar refractivity (Wildman–Crippen MR) is 106 cm³/mol. The van der Waals surface area contributed by atoms with E-state index in [1.165, 1.54) is 11.3 Å². The SMILES string of the molecule is Cc1cc(C)c2sc(NC(=O)CCS(=O)(=O)Cc3ccccc3)nc2c1. The molecular formula is C19H20N2O3S2. The van der Waals surface area contributed by atoms with Crippen molar-refractivity contribution in [3.63, 3.8) is 0 Å². The molecule has 0 aliphatic carbocycles. The van der Waals surface area contributed by atoms with Crippen LogP contribution in [0.5, 0.6) is 0 Å². The number of rotatable bonds is 6. The first-order valence-electron chi connectivity index (χ1n) is 8.24. The van der Waals surface area contributed by atoms with Gasteiger partial charge in [0.25, 0.3) is 0 Å². The Labute approximate surface area is 157 Å². The van der Waals surface area contributed by atoms with E-state index in [-0.39, 0.29) is 23.8 Å². The van der Waals surface area contributed by atoms with Crippen LogP contribution in [0.1, 0.15) is 23.1 Å². The van der Waals surface area contributed by atoms with Crippen molar-refractivity contribution >= 4 is 42.4 Å². The summed E-state index contributed by atoms with van der Waals surface area (Å²) in [6.45, 7) is 4.01. The van der Waals surface area contributed by atoms with Crippen molar-refractivity contribution in [2.24, 2.45) is 0 Å². The molecule has 0 unspecified atom stereocenters. The molecule has 0 aliphatic heterocycles. The molecule has 0 radical (unpaired) electrons. The summed E-state index contributed by atoms with van der Waals surface area (Å²) in [5.41, 5.74) is 3.80. The molecule has 0 aliphatic rings. The number of anilines is 1. The van der Waals surface area contributed by atoms with Crippen molar-refractivity contribution in [1.29, 1.82) is 0 Å². The number of nitrogens with zero attached hydrogens (tertiary/aromatic N) is 1.